The standard InChI is InChI=1S/C11H17N3O/c1-15-10-6-5-9(12)11(14-10)13-7-8-3-2-4-8/h5-6,8H,2-4,7,12H2,1H3,(H,13,14). The van der Waals surface area contributed by atoms with E-state index < -0.39 is 0 Å². The zero-order chi connectivity index (χ0) is 10.7. The first-order valence-corrected chi connectivity index (χ1v) is 5.34. The van der Waals surface area contributed by atoms with Crippen molar-refractivity contribution in [2.24, 2.45) is 5.92 Å². The molecule has 0 atom stereocenters. The number of nitrogens with zero attached hydrogens (tertiary/aromatic N) is 1. The highest BCUT2D eigenvalue weighted by Gasteiger charge is 2.17. The van der Waals surface area contributed by atoms with Gasteiger partial charge < -0.3 is 15.8 Å². The minimum atomic E-state index is 0.598. The van der Waals surface area contributed by atoms with E-state index in [1.54, 1.807) is 13.2 Å². The third kappa shape index (κ3) is 2.32. The third-order valence-corrected chi connectivity index (χ3v) is 2.89. The van der Waals surface area contributed by atoms with Gasteiger partial charge in [-0.2, -0.15) is 4.98 Å². The molecule has 0 bridgehead atoms. The van der Waals surface area contributed by atoms with Gasteiger partial charge in [0, 0.05) is 12.6 Å². The van der Waals surface area contributed by atoms with Gasteiger partial charge in [-0.3, -0.25) is 0 Å². The van der Waals surface area contributed by atoms with E-state index in [1.165, 1.54) is 19.3 Å². The molecule has 1 heterocycles. The topological polar surface area (TPSA) is 60.2 Å². The first-order valence-electron chi connectivity index (χ1n) is 5.34. The van der Waals surface area contributed by atoms with E-state index >= 15 is 0 Å². The Morgan fingerprint density at radius 2 is 2.33 bits per heavy atom. The fourth-order valence-corrected chi connectivity index (χ4v) is 1.65. The second-order valence-electron chi connectivity index (χ2n) is 3.97. The van der Waals surface area contributed by atoms with Crippen LogP contribution in [0.1, 0.15) is 19.3 Å². The molecule has 0 spiro atoms. The maximum Gasteiger partial charge on any atom is 0.215 e. The number of nitrogens with two attached hydrogens (primary N) is 1. The molecular formula is C11H17N3O. The van der Waals surface area contributed by atoms with Gasteiger partial charge in [0.2, 0.25) is 5.88 Å². The average Bonchev–Trinajstić information content (AvgIpc) is 2.18. The molecule has 1 aromatic rings. The lowest BCUT2D eigenvalue weighted by atomic mass is 9.85. The SMILES string of the molecule is COc1ccc(N)c(NCC2CCC2)n1. The molecule has 1 fully saturated rings. The van der Waals surface area contributed by atoms with Crippen molar-refractivity contribution in [2.75, 3.05) is 24.7 Å². The molecule has 1 aliphatic rings. The summed E-state index contributed by atoms with van der Waals surface area (Å²) in [7, 11) is 1.61. The molecule has 0 radical (unpaired) electrons. The molecule has 0 amide bonds. The van der Waals surface area contributed by atoms with Gasteiger partial charge in [0.05, 0.1) is 12.8 Å². The van der Waals surface area contributed by atoms with Crippen LogP contribution in [0.4, 0.5) is 11.5 Å². The second kappa shape index (κ2) is 4.38. The number of anilines is 2. The second-order valence-corrected chi connectivity index (χ2v) is 3.97. The molecule has 0 aliphatic heterocycles. The number of hydrogen-bond donors (Lipinski definition) is 2. The summed E-state index contributed by atoms with van der Waals surface area (Å²) in [4.78, 5) is 4.26. The summed E-state index contributed by atoms with van der Waals surface area (Å²) in [6.45, 7) is 0.963. The fraction of sp³-hybridized carbons (Fsp3) is 0.545. The number of rotatable bonds is 4. The molecule has 3 N–H and O–H groups in total. The summed E-state index contributed by atoms with van der Waals surface area (Å²) >= 11 is 0. The van der Waals surface area contributed by atoms with Crippen LogP contribution in [-0.2, 0) is 0 Å². The van der Waals surface area contributed by atoms with Crippen LogP contribution in [0, 0.1) is 5.92 Å². The highest BCUT2D eigenvalue weighted by Crippen LogP contribution is 2.27. The van der Waals surface area contributed by atoms with Crippen LogP contribution in [0.2, 0.25) is 0 Å². The van der Waals surface area contributed by atoms with Crippen LogP contribution in [0.3, 0.4) is 0 Å². The monoisotopic (exact) mass is 207 g/mol. The molecule has 0 unspecified atom stereocenters. The quantitative estimate of drug-likeness (QED) is 0.791. The Balaban J connectivity index is 1.98. The van der Waals surface area contributed by atoms with Gasteiger partial charge in [-0.15, -0.1) is 0 Å². The lowest BCUT2D eigenvalue weighted by Crippen LogP contribution is -2.21. The first-order chi connectivity index (χ1) is 7.29. The highest BCUT2D eigenvalue weighted by molar-refractivity contribution is 5.61. The Kier molecular flexibility index (Phi) is 2.94. The van der Waals surface area contributed by atoms with E-state index in [9.17, 15) is 0 Å². The zero-order valence-electron chi connectivity index (χ0n) is 8.99. The third-order valence-electron chi connectivity index (χ3n) is 2.89. The van der Waals surface area contributed by atoms with Crippen LogP contribution in [0.15, 0.2) is 12.1 Å². The van der Waals surface area contributed by atoms with Crippen LogP contribution in [0.25, 0.3) is 0 Å². The summed E-state index contributed by atoms with van der Waals surface area (Å²) in [5, 5.41) is 3.27. The summed E-state index contributed by atoms with van der Waals surface area (Å²) in [6, 6.07) is 3.58. The summed E-state index contributed by atoms with van der Waals surface area (Å²) in [5.74, 6) is 2.12. The predicted molar refractivity (Wildman–Crippen MR) is 61.0 cm³/mol. The lowest BCUT2D eigenvalue weighted by molar-refractivity contribution is 0.333. The molecule has 1 saturated carbocycles. The average molecular weight is 207 g/mol. The lowest BCUT2D eigenvalue weighted by Gasteiger charge is -2.25. The smallest absolute Gasteiger partial charge is 0.215 e. The fourth-order valence-electron chi connectivity index (χ4n) is 1.65. The number of aromatic nitrogens is 1. The minimum absolute atomic E-state index is 0.598. The zero-order valence-corrected chi connectivity index (χ0v) is 8.99. The maximum atomic E-state index is 5.81. The molecule has 0 saturated heterocycles. The molecule has 15 heavy (non-hydrogen) atoms. The van der Waals surface area contributed by atoms with Crippen molar-refractivity contribution in [1.29, 1.82) is 0 Å². The summed E-state index contributed by atoms with van der Waals surface area (Å²) in [6.07, 6.45) is 3.99. The molecule has 0 aromatic carbocycles. The first kappa shape index (κ1) is 10.1. The van der Waals surface area contributed by atoms with Crippen molar-refractivity contribution < 1.29 is 4.74 Å². The van der Waals surface area contributed by atoms with E-state index in [-0.39, 0.29) is 0 Å². The normalized spacial score (nSPS) is 15.8. The maximum absolute atomic E-state index is 5.81. The summed E-state index contributed by atoms with van der Waals surface area (Å²) < 4.78 is 5.05. The minimum Gasteiger partial charge on any atom is -0.481 e. The Morgan fingerprint density at radius 3 is 2.93 bits per heavy atom. The van der Waals surface area contributed by atoms with Crippen LogP contribution in [0.5, 0.6) is 5.88 Å². The Labute approximate surface area is 89.8 Å². The van der Waals surface area contributed by atoms with Crippen LogP contribution >= 0.6 is 0 Å². The van der Waals surface area contributed by atoms with E-state index in [2.05, 4.69) is 10.3 Å². The summed E-state index contributed by atoms with van der Waals surface area (Å²) in [5.41, 5.74) is 6.49. The number of pyridine rings is 1. The van der Waals surface area contributed by atoms with E-state index in [0.29, 0.717) is 11.6 Å². The van der Waals surface area contributed by atoms with Crippen molar-refractivity contribution >= 4 is 11.5 Å². The Morgan fingerprint density at radius 1 is 1.53 bits per heavy atom. The van der Waals surface area contributed by atoms with E-state index in [0.717, 1.165) is 18.3 Å². The van der Waals surface area contributed by atoms with Gasteiger partial charge in [0.1, 0.15) is 0 Å². The number of hydrogen-bond acceptors (Lipinski definition) is 4. The van der Waals surface area contributed by atoms with Gasteiger partial charge in [0.15, 0.2) is 5.82 Å². The molecule has 4 heteroatoms. The van der Waals surface area contributed by atoms with Crippen LogP contribution < -0.4 is 15.8 Å². The van der Waals surface area contributed by atoms with Crippen molar-refractivity contribution in [2.45, 2.75) is 19.3 Å². The number of nitrogens with one attached hydrogen (secondary N) is 1. The van der Waals surface area contributed by atoms with Crippen LogP contribution in [-0.4, -0.2) is 18.6 Å². The molecule has 2 rings (SSSR count). The Bertz CT molecular complexity index is 337. The number of ether oxygens (including phenoxy) is 1. The molecule has 1 aliphatic carbocycles. The molecular weight excluding hydrogens is 190 g/mol. The predicted octanol–water partition coefficient (Wildman–Crippen LogP) is 1.88. The van der Waals surface area contributed by atoms with Crippen molar-refractivity contribution in [1.82, 2.24) is 4.98 Å². The van der Waals surface area contributed by atoms with Gasteiger partial charge in [-0.25, -0.2) is 0 Å². The molecule has 82 valence electrons. The number of nitrogen functional groups attached to an aromatic ring is 1. The largest absolute Gasteiger partial charge is 0.481 e. The molecule has 4 nitrogen and oxygen atoms in total. The highest BCUT2D eigenvalue weighted by atomic mass is 16.5. The Hall–Kier alpha value is -1.45. The van der Waals surface area contributed by atoms with Crippen molar-refractivity contribution in [3.8, 4) is 5.88 Å². The molecule has 1 aromatic heterocycles. The van der Waals surface area contributed by atoms with E-state index in [4.69, 9.17) is 10.5 Å². The van der Waals surface area contributed by atoms with Gasteiger partial charge >= 0.3 is 0 Å². The van der Waals surface area contributed by atoms with Crippen molar-refractivity contribution in [3.05, 3.63) is 12.1 Å². The van der Waals surface area contributed by atoms with Gasteiger partial charge in [-0.1, -0.05) is 6.42 Å². The van der Waals surface area contributed by atoms with Gasteiger partial charge in [-0.05, 0) is 24.8 Å². The number of methoxy groups -OCH3 is 1. The van der Waals surface area contributed by atoms with Crippen molar-refractivity contribution in [3.63, 3.8) is 0 Å². The van der Waals surface area contributed by atoms with E-state index in [1.807, 2.05) is 6.07 Å². The van der Waals surface area contributed by atoms with Gasteiger partial charge in [0.25, 0.3) is 0 Å².